The number of allylic oxidation sites excluding steroid dienone is 2. The summed E-state index contributed by atoms with van der Waals surface area (Å²) in [6.07, 6.45) is 10.4. The second-order valence-corrected chi connectivity index (χ2v) is 17.6. The van der Waals surface area contributed by atoms with Crippen molar-refractivity contribution in [2.45, 2.75) is 19.3 Å². The molecule has 238 valence electrons. The quantitative estimate of drug-likeness (QED) is 0.167. The molecule has 5 heterocycles. The van der Waals surface area contributed by atoms with Crippen molar-refractivity contribution < 1.29 is 0 Å². The largest absolute Gasteiger partial charge is 0.292 e. The van der Waals surface area contributed by atoms with Gasteiger partial charge in [0, 0.05) is 50.5 Å². The van der Waals surface area contributed by atoms with Gasteiger partial charge in [0.1, 0.15) is 0 Å². The first-order chi connectivity index (χ1) is 24.7. The Labute approximate surface area is 306 Å². The predicted molar refractivity (Wildman–Crippen MR) is 225 cm³/mol. The number of para-hydroxylation sites is 1. The first-order valence-corrected chi connectivity index (χ1v) is 20.9. The molecule has 0 spiro atoms. The van der Waals surface area contributed by atoms with Gasteiger partial charge in [-0.3, -0.25) is 4.57 Å². The monoisotopic (exact) mass is 789 g/mol. The number of benzene rings is 5. The van der Waals surface area contributed by atoms with Crippen LogP contribution in [0.5, 0.6) is 0 Å². The Hall–Kier alpha value is -4.76. The van der Waals surface area contributed by atoms with Gasteiger partial charge in [-0.1, -0.05) is 131 Å². The van der Waals surface area contributed by atoms with Crippen LogP contribution in [0.15, 0.2) is 115 Å². The predicted octanol–water partition coefficient (Wildman–Crippen LogP) is 13.0. The Balaban J connectivity index is 1.33. The molecule has 1 aliphatic heterocycles. The van der Waals surface area contributed by atoms with Crippen molar-refractivity contribution in [3.63, 3.8) is 0 Å². The molecular weight excluding hydrogens is 762 g/mol. The maximum atomic E-state index is 5.62. The van der Waals surface area contributed by atoms with E-state index in [1.807, 2.05) is 22.7 Å². The second kappa shape index (κ2) is 11.1. The fourth-order valence-electron chi connectivity index (χ4n) is 7.97. The lowest BCUT2D eigenvalue weighted by Crippen LogP contribution is -2.03. The third-order valence-electron chi connectivity index (χ3n) is 10.2. The minimum Gasteiger partial charge on any atom is -0.292 e. The van der Waals surface area contributed by atoms with Crippen LogP contribution < -0.4 is 0 Å². The molecule has 2 aliphatic rings. The molecule has 0 N–H and O–H groups in total. The molecule has 5 aromatic carbocycles. The van der Waals surface area contributed by atoms with E-state index in [0.29, 0.717) is 5.92 Å². The smallest absolute Gasteiger partial charge is 0.162 e. The fourth-order valence-corrected chi connectivity index (χ4v) is 13.1. The summed E-state index contributed by atoms with van der Waals surface area (Å²) in [5.74, 6) is 2.16. The highest BCUT2D eigenvalue weighted by atomic mass is 127. The summed E-state index contributed by atoms with van der Waals surface area (Å²) in [4.78, 5) is 12.4. The standard InChI is InChI=1S/C44H28IN3S2/c1-25-12-9-22-34-35(25)37-40-36(38-31(41(37)50-34)19-11-23-45-38)29-17-5-7-20-32(29)48(40)44-42-39(30-18-6-8-21-33(30)49-42)46-43(47-44)28-16-10-15-27(24-28)26-13-3-2-4-14-26/h2-11,13-25H,12H2,1H3. The minimum absolute atomic E-state index is 0.307. The van der Waals surface area contributed by atoms with Crippen molar-refractivity contribution in [2.75, 3.05) is 0 Å². The highest BCUT2D eigenvalue weighted by molar-refractivity contribution is 14.2. The van der Waals surface area contributed by atoms with E-state index in [0.717, 1.165) is 39.4 Å². The van der Waals surface area contributed by atoms with Gasteiger partial charge >= 0.3 is 0 Å². The SMILES string of the molecule is CC1CC=Cc2sc3c4c(c5c6ccccc6n(-c6nc(-c7cccc(-c8ccccc8)c7)nc7c6sc6ccccc67)c5c3c21)I=CC=C4. The van der Waals surface area contributed by atoms with E-state index in [2.05, 4.69) is 143 Å². The van der Waals surface area contributed by atoms with Crippen LogP contribution in [0.1, 0.15) is 35.3 Å². The van der Waals surface area contributed by atoms with E-state index in [4.69, 9.17) is 9.97 Å². The molecule has 11 rings (SSSR count). The zero-order chi connectivity index (χ0) is 32.9. The average molecular weight is 790 g/mol. The van der Waals surface area contributed by atoms with Gasteiger partial charge in [0.15, 0.2) is 11.6 Å². The lowest BCUT2D eigenvalue weighted by atomic mass is 9.89. The van der Waals surface area contributed by atoms with Crippen molar-refractivity contribution in [2.24, 2.45) is 0 Å². The first kappa shape index (κ1) is 29.0. The summed E-state index contributed by atoms with van der Waals surface area (Å²) in [6.45, 7) is 2.40. The second-order valence-electron chi connectivity index (χ2n) is 13.1. The van der Waals surface area contributed by atoms with Crippen molar-refractivity contribution >= 4 is 112 Å². The van der Waals surface area contributed by atoms with Crippen LogP contribution in [0.2, 0.25) is 0 Å². The van der Waals surface area contributed by atoms with Gasteiger partial charge in [0.25, 0.3) is 0 Å². The van der Waals surface area contributed by atoms with Crippen molar-refractivity contribution in [1.82, 2.24) is 14.5 Å². The summed E-state index contributed by atoms with van der Waals surface area (Å²) in [5.41, 5.74) is 9.82. The van der Waals surface area contributed by atoms with Gasteiger partial charge < -0.3 is 0 Å². The van der Waals surface area contributed by atoms with E-state index >= 15 is 0 Å². The topological polar surface area (TPSA) is 30.7 Å². The number of nitrogens with zero attached hydrogens (tertiary/aromatic N) is 3. The molecule has 0 bridgehead atoms. The average Bonchev–Trinajstić information content (AvgIpc) is 3.86. The van der Waals surface area contributed by atoms with Crippen molar-refractivity contribution in [1.29, 1.82) is 0 Å². The lowest BCUT2D eigenvalue weighted by molar-refractivity contribution is 0.783. The third kappa shape index (κ3) is 4.16. The highest BCUT2D eigenvalue weighted by Gasteiger charge is 2.30. The van der Waals surface area contributed by atoms with Crippen LogP contribution >= 0.6 is 43.4 Å². The molecule has 6 heteroatoms. The number of thiophene rings is 2. The van der Waals surface area contributed by atoms with Gasteiger partial charge in [-0.15, -0.1) is 22.7 Å². The summed E-state index contributed by atoms with van der Waals surface area (Å²) in [5, 5.41) is 5.29. The molecule has 1 atom stereocenters. The number of aromatic nitrogens is 3. The van der Waals surface area contributed by atoms with Gasteiger partial charge in [0.2, 0.25) is 0 Å². The normalized spacial score (nSPS) is 15.3. The number of rotatable bonds is 3. The molecular formula is C44H28IN3S2. The number of halogens is 1. The van der Waals surface area contributed by atoms with Crippen molar-refractivity contribution in [3.8, 4) is 28.3 Å². The molecule has 1 unspecified atom stereocenters. The Bertz CT molecular complexity index is 2980. The lowest BCUT2D eigenvalue weighted by Gasteiger charge is -2.18. The Morgan fingerprint density at radius 3 is 2.46 bits per heavy atom. The van der Waals surface area contributed by atoms with Crippen molar-refractivity contribution in [3.05, 3.63) is 135 Å². The third-order valence-corrected chi connectivity index (χ3v) is 15.1. The molecule has 0 amide bonds. The van der Waals surface area contributed by atoms with Gasteiger partial charge in [0.05, 0.1) is 21.3 Å². The number of hydrogen-bond acceptors (Lipinski definition) is 4. The van der Waals surface area contributed by atoms with Crippen LogP contribution in [-0.4, -0.2) is 18.5 Å². The van der Waals surface area contributed by atoms with E-state index in [9.17, 15) is 0 Å². The summed E-state index contributed by atoms with van der Waals surface area (Å²) in [6, 6.07) is 37.0. The molecule has 4 aromatic heterocycles. The molecule has 9 aromatic rings. The number of hydrogen-bond donors (Lipinski definition) is 0. The van der Waals surface area contributed by atoms with E-state index < -0.39 is 0 Å². The molecule has 0 saturated carbocycles. The van der Waals surface area contributed by atoms with E-state index in [-0.39, 0.29) is 20.7 Å². The Morgan fingerprint density at radius 1 is 0.740 bits per heavy atom. The molecule has 0 radical (unpaired) electrons. The van der Waals surface area contributed by atoms with Crippen LogP contribution in [-0.2, 0) is 0 Å². The molecule has 3 nitrogen and oxygen atoms in total. The first-order valence-electron chi connectivity index (χ1n) is 16.9. The zero-order valence-corrected chi connectivity index (χ0v) is 30.8. The molecule has 50 heavy (non-hydrogen) atoms. The minimum atomic E-state index is -0.307. The van der Waals surface area contributed by atoms with Crippen LogP contribution in [0.25, 0.3) is 92.7 Å². The highest BCUT2D eigenvalue weighted by Crippen LogP contribution is 2.52. The summed E-state index contributed by atoms with van der Waals surface area (Å²) < 4.78 is 10.2. The number of fused-ring (bicyclic) bond motifs is 13. The maximum Gasteiger partial charge on any atom is 0.162 e. The Kier molecular flexibility index (Phi) is 6.45. The molecule has 0 fully saturated rings. The molecule has 0 saturated heterocycles. The molecule has 1 aliphatic carbocycles. The van der Waals surface area contributed by atoms with E-state index in [1.165, 1.54) is 67.1 Å². The van der Waals surface area contributed by atoms with E-state index in [1.54, 1.807) is 0 Å². The van der Waals surface area contributed by atoms with Gasteiger partial charge in [-0.2, -0.15) is 0 Å². The summed E-state index contributed by atoms with van der Waals surface area (Å²) in [7, 11) is 0. The summed E-state index contributed by atoms with van der Waals surface area (Å²) >= 11 is 3.48. The maximum absolute atomic E-state index is 5.62. The zero-order valence-electron chi connectivity index (χ0n) is 27.0. The van der Waals surface area contributed by atoms with Crippen LogP contribution in [0.4, 0.5) is 0 Å². The fraction of sp³-hybridized carbons (Fsp3) is 0.0682. The van der Waals surface area contributed by atoms with Gasteiger partial charge in [-0.05, 0) is 57.3 Å². The van der Waals surface area contributed by atoms with Crippen LogP contribution in [0, 0.1) is 3.57 Å². The Morgan fingerprint density at radius 2 is 1.54 bits per heavy atom. The van der Waals surface area contributed by atoms with Gasteiger partial charge in [-0.25, -0.2) is 9.97 Å². The van der Waals surface area contributed by atoms with Crippen LogP contribution in [0.3, 0.4) is 0 Å².